The Bertz CT molecular complexity index is 574. The van der Waals surface area contributed by atoms with Crippen LogP contribution in [0.2, 0.25) is 0 Å². The quantitative estimate of drug-likeness (QED) is 0.926. The smallest absolute Gasteiger partial charge is 0.248 e. The van der Waals surface area contributed by atoms with Gasteiger partial charge in [0, 0.05) is 17.8 Å². The fraction of sp³-hybridized carbons (Fsp3) is 0.667. The zero-order valence-corrected chi connectivity index (χ0v) is 13.5. The molecule has 5 nitrogen and oxygen atoms in total. The van der Waals surface area contributed by atoms with Gasteiger partial charge in [0.2, 0.25) is 11.8 Å². The second-order valence-electron chi connectivity index (χ2n) is 6.25. The molecule has 1 N–H and O–H groups in total. The normalized spacial score (nSPS) is 26.7. The van der Waals surface area contributed by atoms with Crippen molar-refractivity contribution in [1.82, 2.24) is 15.2 Å². The standard InChI is InChI=1S/C15H21N3O2S/c1-9-10(2)21-13(16-9)8-18-7-6-12(19)17-15(3,14(18)20)11-4-5-11/h11H,4-8H2,1-3H3,(H,17,19). The van der Waals surface area contributed by atoms with E-state index in [2.05, 4.69) is 10.3 Å². The van der Waals surface area contributed by atoms with Crippen molar-refractivity contribution >= 4 is 23.2 Å². The second-order valence-corrected chi connectivity index (χ2v) is 7.54. The number of rotatable bonds is 3. The Kier molecular flexibility index (Phi) is 3.51. The van der Waals surface area contributed by atoms with Gasteiger partial charge in [-0.1, -0.05) is 0 Å². The Morgan fingerprint density at radius 1 is 1.38 bits per heavy atom. The highest BCUT2D eigenvalue weighted by atomic mass is 32.1. The van der Waals surface area contributed by atoms with E-state index < -0.39 is 5.54 Å². The number of hydrogen-bond donors (Lipinski definition) is 1. The largest absolute Gasteiger partial charge is 0.342 e. The summed E-state index contributed by atoms with van der Waals surface area (Å²) in [6.45, 7) is 6.89. The molecule has 0 aromatic carbocycles. The molecule has 1 aromatic heterocycles. The van der Waals surface area contributed by atoms with Crippen LogP contribution in [0.25, 0.3) is 0 Å². The highest BCUT2D eigenvalue weighted by molar-refractivity contribution is 7.11. The highest BCUT2D eigenvalue weighted by Gasteiger charge is 2.51. The van der Waals surface area contributed by atoms with Crippen molar-refractivity contribution in [2.24, 2.45) is 5.92 Å². The first-order chi connectivity index (χ1) is 9.90. The SMILES string of the molecule is Cc1nc(CN2CCC(=O)NC(C)(C3CC3)C2=O)sc1C. The summed E-state index contributed by atoms with van der Waals surface area (Å²) >= 11 is 1.63. The molecule has 1 aliphatic heterocycles. The number of aryl methyl sites for hydroxylation is 2. The number of amides is 2. The average molecular weight is 307 g/mol. The summed E-state index contributed by atoms with van der Waals surface area (Å²) in [5.74, 6) is 0.308. The Hall–Kier alpha value is -1.43. The van der Waals surface area contributed by atoms with E-state index in [0.717, 1.165) is 23.5 Å². The average Bonchev–Trinajstić information content (AvgIpc) is 3.22. The van der Waals surface area contributed by atoms with E-state index in [0.29, 0.717) is 19.5 Å². The van der Waals surface area contributed by atoms with E-state index in [1.54, 1.807) is 16.2 Å². The van der Waals surface area contributed by atoms with E-state index in [-0.39, 0.29) is 17.7 Å². The molecule has 6 heteroatoms. The molecule has 114 valence electrons. The zero-order valence-electron chi connectivity index (χ0n) is 12.7. The Morgan fingerprint density at radius 3 is 2.67 bits per heavy atom. The molecular weight excluding hydrogens is 286 g/mol. The molecule has 2 heterocycles. The molecule has 1 saturated heterocycles. The van der Waals surface area contributed by atoms with E-state index >= 15 is 0 Å². The van der Waals surface area contributed by atoms with Crippen LogP contribution in [0.3, 0.4) is 0 Å². The molecule has 2 aliphatic rings. The maximum Gasteiger partial charge on any atom is 0.248 e. The number of thiazole rings is 1. The lowest BCUT2D eigenvalue weighted by molar-refractivity contribution is -0.139. The van der Waals surface area contributed by atoms with E-state index in [1.807, 2.05) is 20.8 Å². The van der Waals surface area contributed by atoms with E-state index in [9.17, 15) is 9.59 Å². The van der Waals surface area contributed by atoms with Gasteiger partial charge in [-0.25, -0.2) is 4.98 Å². The monoisotopic (exact) mass is 307 g/mol. The van der Waals surface area contributed by atoms with Crippen molar-refractivity contribution in [2.75, 3.05) is 6.54 Å². The minimum absolute atomic E-state index is 0.0215. The molecule has 2 amide bonds. The Labute approximate surface area is 128 Å². The van der Waals surface area contributed by atoms with Crippen LogP contribution in [0.1, 0.15) is 41.8 Å². The summed E-state index contributed by atoms with van der Waals surface area (Å²) in [6, 6.07) is 0. The van der Waals surface area contributed by atoms with Crippen molar-refractivity contribution in [3.63, 3.8) is 0 Å². The molecule has 1 aliphatic carbocycles. The molecule has 3 rings (SSSR count). The molecule has 0 spiro atoms. The first kappa shape index (κ1) is 14.5. The van der Waals surface area contributed by atoms with Crippen LogP contribution in [0, 0.1) is 19.8 Å². The topological polar surface area (TPSA) is 62.3 Å². The van der Waals surface area contributed by atoms with E-state index in [4.69, 9.17) is 0 Å². The number of aromatic nitrogens is 1. The minimum atomic E-state index is -0.727. The summed E-state index contributed by atoms with van der Waals surface area (Å²) in [7, 11) is 0. The van der Waals surface area contributed by atoms with Crippen molar-refractivity contribution < 1.29 is 9.59 Å². The van der Waals surface area contributed by atoms with Gasteiger partial charge in [0.25, 0.3) is 0 Å². The van der Waals surface area contributed by atoms with Crippen LogP contribution < -0.4 is 5.32 Å². The third-order valence-corrected chi connectivity index (χ3v) is 5.59. The summed E-state index contributed by atoms with van der Waals surface area (Å²) < 4.78 is 0. The van der Waals surface area contributed by atoms with Crippen LogP contribution in [-0.4, -0.2) is 33.8 Å². The molecular formula is C15H21N3O2S. The van der Waals surface area contributed by atoms with Crippen LogP contribution in [0.4, 0.5) is 0 Å². The minimum Gasteiger partial charge on any atom is -0.342 e. The Balaban J connectivity index is 1.83. The number of nitrogens with one attached hydrogen (secondary N) is 1. The third-order valence-electron chi connectivity index (χ3n) is 4.53. The molecule has 0 radical (unpaired) electrons. The van der Waals surface area contributed by atoms with Crippen molar-refractivity contribution in [3.05, 3.63) is 15.6 Å². The summed E-state index contributed by atoms with van der Waals surface area (Å²) in [6.07, 6.45) is 2.41. The fourth-order valence-electron chi connectivity index (χ4n) is 2.93. The maximum absolute atomic E-state index is 12.9. The van der Waals surface area contributed by atoms with Gasteiger partial charge in [0.15, 0.2) is 0 Å². The highest BCUT2D eigenvalue weighted by Crippen LogP contribution is 2.41. The molecule has 1 unspecified atom stereocenters. The Morgan fingerprint density at radius 2 is 2.10 bits per heavy atom. The van der Waals surface area contributed by atoms with Crippen LogP contribution >= 0.6 is 11.3 Å². The molecule has 1 atom stereocenters. The maximum atomic E-state index is 12.9. The lowest BCUT2D eigenvalue weighted by Crippen LogP contribution is -2.56. The first-order valence-electron chi connectivity index (χ1n) is 7.43. The van der Waals surface area contributed by atoms with Crippen molar-refractivity contribution in [1.29, 1.82) is 0 Å². The van der Waals surface area contributed by atoms with Gasteiger partial charge in [0.05, 0.1) is 12.2 Å². The van der Waals surface area contributed by atoms with Crippen molar-refractivity contribution in [2.45, 2.75) is 52.1 Å². The zero-order chi connectivity index (χ0) is 15.2. The molecule has 1 saturated carbocycles. The van der Waals surface area contributed by atoms with Crippen LogP contribution in [-0.2, 0) is 16.1 Å². The van der Waals surface area contributed by atoms with Gasteiger partial charge >= 0.3 is 0 Å². The molecule has 2 fully saturated rings. The number of nitrogens with zero attached hydrogens (tertiary/aromatic N) is 2. The predicted octanol–water partition coefficient (Wildman–Crippen LogP) is 1.78. The van der Waals surface area contributed by atoms with Crippen LogP contribution in [0.15, 0.2) is 0 Å². The van der Waals surface area contributed by atoms with Gasteiger partial charge < -0.3 is 10.2 Å². The third kappa shape index (κ3) is 2.69. The van der Waals surface area contributed by atoms with Crippen molar-refractivity contribution in [3.8, 4) is 0 Å². The molecule has 0 bridgehead atoms. The predicted molar refractivity (Wildman–Crippen MR) is 80.9 cm³/mol. The number of hydrogen-bond acceptors (Lipinski definition) is 4. The van der Waals surface area contributed by atoms with Gasteiger partial charge in [-0.3, -0.25) is 9.59 Å². The number of carbonyl (C=O) groups excluding carboxylic acids is 2. The summed E-state index contributed by atoms with van der Waals surface area (Å²) in [5, 5.41) is 3.90. The lowest BCUT2D eigenvalue weighted by atomic mass is 9.94. The second kappa shape index (κ2) is 5.09. The van der Waals surface area contributed by atoms with Gasteiger partial charge in [-0.05, 0) is 39.5 Å². The molecule has 21 heavy (non-hydrogen) atoms. The van der Waals surface area contributed by atoms with Gasteiger partial charge in [-0.2, -0.15) is 0 Å². The van der Waals surface area contributed by atoms with Gasteiger partial charge in [0.1, 0.15) is 10.5 Å². The first-order valence-corrected chi connectivity index (χ1v) is 8.25. The van der Waals surface area contributed by atoms with Crippen LogP contribution in [0.5, 0.6) is 0 Å². The fourth-order valence-corrected chi connectivity index (χ4v) is 3.88. The van der Waals surface area contributed by atoms with Gasteiger partial charge in [-0.15, -0.1) is 11.3 Å². The summed E-state index contributed by atoms with van der Waals surface area (Å²) in [5.41, 5.74) is 0.297. The summed E-state index contributed by atoms with van der Waals surface area (Å²) in [4.78, 5) is 32.3. The molecule has 1 aromatic rings. The lowest BCUT2D eigenvalue weighted by Gasteiger charge is -2.31. The van der Waals surface area contributed by atoms with E-state index in [1.165, 1.54) is 4.88 Å². The number of carbonyl (C=O) groups is 2.